The van der Waals surface area contributed by atoms with Crippen LogP contribution < -0.4 is 11.1 Å². The highest BCUT2D eigenvalue weighted by Crippen LogP contribution is 2.17. The molecule has 3 N–H and O–H groups in total. The maximum atomic E-state index is 13.9. The molecule has 8 heteroatoms. The van der Waals surface area contributed by atoms with Gasteiger partial charge in [-0.2, -0.15) is 5.10 Å². The summed E-state index contributed by atoms with van der Waals surface area (Å²) in [4.78, 5) is 15.5. The maximum absolute atomic E-state index is 13.9. The van der Waals surface area contributed by atoms with Gasteiger partial charge in [-0.1, -0.05) is 0 Å². The monoisotopic (exact) mass is 279 g/mol. The largest absolute Gasteiger partial charge is 0.370 e. The van der Waals surface area contributed by atoms with Crippen molar-refractivity contribution in [3.63, 3.8) is 0 Å². The number of nitrogens with one attached hydrogen (secondary N) is 1. The zero-order valence-electron chi connectivity index (χ0n) is 10.8. The second-order valence-electron chi connectivity index (χ2n) is 3.96. The molecule has 0 saturated heterocycles. The van der Waals surface area contributed by atoms with Crippen LogP contribution in [0.15, 0.2) is 30.9 Å². The Morgan fingerprint density at radius 1 is 1.60 bits per heavy atom. The number of methoxy groups -OCH3 is 1. The fraction of sp³-hybridized carbons (Fsp3) is 0.250. The molecule has 1 heterocycles. The predicted molar refractivity (Wildman–Crippen MR) is 69.8 cm³/mol. The van der Waals surface area contributed by atoms with Crippen molar-refractivity contribution < 1.29 is 13.9 Å². The van der Waals surface area contributed by atoms with Gasteiger partial charge in [0.15, 0.2) is 5.82 Å². The second kappa shape index (κ2) is 6.22. The van der Waals surface area contributed by atoms with Crippen molar-refractivity contribution in [2.45, 2.75) is 6.10 Å². The van der Waals surface area contributed by atoms with Crippen molar-refractivity contribution in [3.05, 3.63) is 36.7 Å². The first-order chi connectivity index (χ1) is 9.65. The fourth-order valence-corrected chi connectivity index (χ4v) is 1.64. The molecule has 1 aromatic carbocycles. The van der Waals surface area contributed by atoms with E-state index in [-0.39, 0.29) is 12.2 Å². The Hall–Kier alpha value is -2.32. The second-order valence-corrected chi connectivity index (χ2v) is 3.96. The number of anilines is 1. The van der Waals surface area contributed by atoms with Crippen molar-refractivity contribution in [1.82, 2.24) is 14.8 Å². The quantitative estimate of drug-likeness (QED) is 0.821. The van der Waals surface area contributed by atoms with Gasteiger partial charge >= 0.3 is 0 Å². The van der Waals surface area contributed by atoms with Crippen LogP contribution >= 0.6 is 0 Å². The van der Waals surface area contributed by atoms with Crippen LogP contribution in [-0.4, -0.2) is 40.4 Å². The van der Waals surface area contributed by atoms with Gasteiger partial charge in [0.2, 0.25) is 0 Å². The van der Waals surface area contributed by atoms with Gasteiger partial charge in [0.1, 0.15) is 24.4 Å². The standard InChI is InChI=1S/C12H14FN5O2/c1-20-11(5-14)12(19)17-8-2-3-10(9(13)4-8)18-7-15-6-16-18/h2-4,6-7,11H,5,14H2,1H3,(H,17,19). The molecule has 0 aliphatic carbocycles. The van der Waals surface area contributed by atoms with Gasteiger partial charge in [-0.25, -0.2) is 14.1 Å². The van der Waals surface area contributed by atoms with E-state index in [9.17, 15) is 9.18 Å². The molecule has 0 radical (unpaired) electrons. The molecule has 0 fully saturated rings. The van der Waals surface area contributed by atoms with Crippen molar-refractivity contribution in [1.29, 1.82) is 0 Å². The molecular formula is C12H14FN5O2. The number of nitrogens with zero attached hydrogens (tertiary/aromatic N) is 3. The number of carbonyl (C=O) groups excluding carboxylic acids is 1. The molecule has 0 spiro atoms. The Labute approximate surface area is 114 Å². The van der Waals surface area contributed by atoms with Crippen molar-refractivity contribution >= 4 is 11.6 Å². The minimum atomic E-state index is -0.770. The number of halogens is 1. The van der Waals surface area contributed by atoms with Gasteiger partial charge < -0.3 is 15.8 Å². The minimum absolute atomic E-state index is 0.0435. The summed E-state index contributed by atoms with van der Waals surface area (Å²) in [6.45, 7) is 0.0435. The van der Waals surface area contributed by atoms with Gasteiger partial charge in [-0.05, 0) is 18.2 Å². The molecule has 0 bridgehead atoms. The number of carbonyl (C=O) groups is 1. The van der Waals surface area contributed by atoms with Crippen LogP contribution in [0, 0.1) is 5.82 Å². The van der Waals surface area contributed by atoms with E-state index in [0.717, 1.165) is 0 Å². The molecule has 1 unspecified atom stereocenters. The van der Waals surface area contributed by atoms with Crippen LogP contribution in [-0.2, 0) is 9.53 Å². The average Bonchev–Trinajstić information content (AvgIpc) is 2.94. The first-order valence-corrected chi connectivity index (χ1v) is 5.84. The Bertz CT molecular complexity index is 584. The topological polar surface area (TPSA) is 95.1 Å². The summed E-state index contributed by atoms with van der Waals surface area (Å²) in [7, 11) is 1.38. The average molecular weight is 279 g/mol. The van der Waals surface area contributed by atoms with E-state index >= 15 is 0 Å². The number of benzene rings is 1. The first-order valence-electron chi connectivity index (χ1n) is 5.84. The lowest BCUT2D eigenvalue weighted by Crippen LogP contribution is -2.35. The molecular weight excluding hydrogens is 265 g/mol. The van der Waals surface area contributed by atoms with E-state index in [1.165, 1.54) is 36.6 Å². The molecule has 1 atom stereocenters. The zero-order chi connectivity index (χ0) is 14.5. The summed E-state index contributed by atoms with van der Waals surface area (Å²) in [5.74, 6) is -0.960. The van der Waals surface area contributed by atoms with Crippen LogP contribution in [0.5, 0.6) is 0 Å². The van der Waals surface area contributed by atoms with E-state index in [4.69, 9.17) is 10.5 Å². The first kappa shape index (κ1) is 14.1. The summed E-state index contributed by atoms with van der Waals surface area (Å²) in [6, 6.07) is 4.24. The van der Waals surface area contributed by atoms with E-state index < -0.39 is 17.8 Å². The van der Waals surface area contributed by atoms with E-state index in [1.54, 1.807) is 6.07 Å². The van der Waals surface area contributed by atoms with Gasteiger partial charge in [-0.15, -0.1) is 0 Å². The lowest BCUT2D eigenvalue weighted by Gasteiger charge is -2.13. The molecule has 7 nitrogen and oxygen atoms in total. The Balaban J connectivity index is 2.16. The molecule has 2 aromatic rings. The normalized spacial score (nSPS) is 12.2. The van der Waals surface area contributed by atoms with Gasteiger partial charge in [0.05, 0.1) is 0 Å². The molecule has 2 rings (SSSR count). The smallest absolute Gasteiger partial charge is 0.254 e. The molecule has 1 aromatic heterocycles. The predicted octanol–water partition coefficient (Wildman–Crippen LogP) is 0.319. The molecule has 0 saturated carbocycles. The van der Waals surface area contributed by atoms with Crippen LogP contribution in [0.1, 0.15) is 0 Å². The Kier molecular flexibility index (Phi) is 4.38. The molecule has 0 aliphatic heterocycles. The maximum Gasteiger partial charge on any atom is 0.254 e. The number of hydrogen-bond acceptors (Lipinski definition) is 5. The number of nitrogens with two attached hydrogens (primary N) is 1. The van der Waals surface area contributed by atoms with Gasteiger partial charge in [0.25, 0.3) is 5.91 Å². The fourth-order valence-electron chi connectivity index (χ4n) is 1.64. The molecule has 1 amide bonds. The third kappa shape index (κ3) is 2.98. The van der Waals surface area contributed by atoms with Crippen LogP contribution in [0.25, 0.3) is 5.69 Å². The number of ether oxygens (including phenoxy) is 1. The molecule has 0 aliphatic rings. The summed E-state index contributed by atoms with van der Waals surface area (Å²) in [6.07, 6.45) is 1.92. The van der Waals surface area contributed by atoms with E-state index in [0.29, 0.717) is 5.69 Å². The van der Waals surface area contributed by atoms with Gasteiger partial charge in [0, 0.05) is 19.3 Å². The number of aromatic nitrogens is 3. The van der Waals surface area contributed by atoms with E-state index in [1.807, 2.05) is 0 Å². The summed E-state index contributed by atoms with van der Waals surface area (Å²) >= 11 is 0. The van der Waals surface area contributed by atoms with Crippen LogP contribution in [0.2, 0.25) is 0 Å². The number of rotatable bonds is 5. The highest BCUT2D eigenvalue weighted by molar-refractivity contribution is 5.94. The summed E-state index contributed by atoms with van der Waals surface area (Å²) < 4.78 is 20.1. The van der Waals surface area contributed by atoms with Crippen molar-refractivity contribution in [3.8, 4) is 5.69 Å². The van der Waals surface area contributed by atoms with Crippen molar-refractivity contribution in [2.24, 2.45) is 5.73 Å². The summed E-state index contributed by atoms with van der Waals surface area (Å²) in [5.41, 5.74) is 5.93. The van der Waals surface area contributed by atoms with Crippen LogP contribution in [0.3, 0.4) is 0 Å². The van der Waals surface area contributed by atoms with E-state index in [2.05, 4.69) is 15.4 Å². The lowest BCUT2D eigenvalue weighted by atomic mass is 10.2. The van der Waals surface area contributed by atoms with Gasteiger partial charge in [-0.3, -0.25) is 4.79 Å². The third-order valence-electron chi connectivity index (χ3n) is 2.67. The zero-order valence-corrected chi connectivity index (χ0v) is 10.8. The Morgan fingerprint density at radius 2 is 2.40 bits per heavy atom. The van der Waals surface area contributed by atoms with Crippen LogP contribution in [0.4, 0.5) is 10.1 Å². The highest BCUT2D eigenvalue weighted by atomic mass is 19.1. The summed E-state index contributed by atoms with van der Waals surface area (Å²) in [5, 5.41) is 6.36. The SMILES string of the molecule is COC(CN)C(=O)Nc1ccc(-n2cncn2)c(F)c1. The Morgan fingerprint density at radius 3 is 2.95 bits per heavy atom. The number of amides is 1. The highest BCUT2D eigenvalue weighted by Gasteiger charge is 2.16. The molecule has 106 valence electrons. The lowest BCUT2D eigenvalue weighted by molar-refractivity contribution is -0.125. The molecule has 20 heavy (non-hydrogen) atoms. The third-order valence-corrected chi connectivity index (χ3v) is 2.67. The minimum Gasteiger partial charge on any atom is -0.370 e. The number of hydrogen-bond donors (Lipinski definition) is 2. The van der Waals surface area contributed by atoms with Crippen molar-refractivity contribution in [2.75, 3.05) is 19.0 Å².